The predicted octanol–water partition coefficient (Wildman–Crippen LogP) is 2.03. The number of aromatic nitrogens is 3. The van der Waals surface area contributed by atoms with Crippen molar-refractivity contribution in [2.24, 2.45) is 0 Å². The minimum Gasteiger partial charge on any atom is -0.480 e. The molecule has 1 aromatic carbocycles. The maximum atomic E-state index is 12.3. The lowest BCUT2D eigenvalue weighted by Gasteiger charge is -2.11. The van der Waals surface area contributed by atoms with Gasteiger partial charge in [0.2, 0.25) is 5.82 Å². The number of carbonyl (C=O) groups is 2. The van der Waals surface area contributed by atoms with Crippen LogP contribution in [0.25, 0.3) is 5.69 Å². The summed E-state index contributed by atoms with van der Waals surface area (Å²) < 4.78 is 1.54. The molecule has 1 N–H and O–H groups in total. The summed E-state index contributed by atoms with van der Waals surface area (Å²) in [6.07, 6.45) is 1.44. The molecule has 0 fully saturated rings. The summed E-state index contributed by atoms with van der Waals surface area (Å²) in [7, 11) is 1.39. The first-order chi connectivity index (χ1) is 10.9. The third-order valence-electron chi connectivity index (χ3n) is 3.14. The van der Waals surface area contributed by atoms with Crippen LogP contribution in [0, 0.1) is 0 Å². The number of carbonyl (C=O) groups excluding carboxylic acids is 1. The Morgan fingerprint density at radius 1 is 1.35 bits per heavy atom. The molecule has 0 bridgehead atoms. The molecule has 1 aromatic heterocycles. The largest absolute Gasteiger partial charge is 0.480 e. The van der Waals surface area contributed by atoms with E-state index < -0.39 is 18.4 Å². The van der Waals surface area contributed by atoms with Crippen molar-refractivity contribution in [3.63, 3.8) is 0 Å². The molecule has 0 aliphatic carbocycles. The van der Waals surface area contributed by atoms with Gasteiger partial charge in [-0.25, -0.2) is 9.67 Å². The molecule has 0 atom stereocenters. The number of aryl methyl sites for hydroxylation is 1. The molecule has 0 aliphatic rings. The first-order valence-corrected chi connectivity index (χ1v) is 7.50. The number of benzene rings is 1. The monoisotopic (exact) mass is 336 g/mol. The lowest BCUT2D eigenvalue weighted by atomic mass is 10.3. The van der Waals surface area contributed by atoms with Crippen molar-refractivity contribution in [3.05, 3.63) is 40.9 Å². The highest BCUT2D eigenvalue weighted by Gasteiger charge is 2.22. The summed E-state index contributed by atoms with van der Waals surface area (Å²) in [6, 6.07) is 7.13. The van der Waals surface area contributed by atoms with E-state index in [-0.39, 0.29) is 5.82 Å². The lowest BCUT2D eigenvalue weighted by Crippen LogP contribution is -2.32. The Bertz CT molecular complexity index is 729. The number of carboxylic acids is 1. The Balaban J connectivity index is 2.41. The van der Waals surface area contributed by atoms with Gasteiger partial charge in [0.25, 0.3) is 5.91 Å². The van der Waals surface area contributed by atoms with Crippen LogP contribution in [-0.2, 0) is 11.2 Å². The van der Waals surface area contributed by atoms with E-state index >= 15 is 0 Å². The van der Waals surface area contributed by atoms with Gasteiger partial charge in [-0.3, -0.25) is 9.59 Å². The van der Waals surface area contributed by atoms with Crippen LogP contribution in [0.2, 0.25) is 5.02 Å². The Hall–Kier alpha value is -2.41. The van der Waals surface area contributed by atoms with Gasteiger partial charge in [-0.2, -0.15) is 0 Å². The zero-order chi connectivity index (χ0) is 17.0. The fourth-order valence-electron chi connectivity index (χ4n) is 2.08. The first-order valence-electron chi connectivity index (χ1n) is 7.12. The van der Waals surface area contributed by atoms with Crippen LogP contribution in [0.3, 0.4) is 0 Å². The van der Waals surface area contributed by atoms with E-state index in [2.05, 4.69) is 10.1 Å². The molecule has 8 heteroatoms. The number of para-hydroxylation sites is 1. The molecule has 0 saturated carbocycles. The summed E-state index contributed by atoms with van der Waals surface area (Å²) in [5.41, 5.74) is 0.630. The number of amides is 1. The lowest BCUT2D eigenvalue weighted by molar-refractivity contribution is -0.137. The van der Waals surface area contributed by atoms with Gasteiger partial charge >= 0.3 is 5.97 Å². The van der Waals surface area contributed by atoms with Gasteiger partial charge < -0.3 is 10.0 Å². The van der Waals surface area contributed by atoms with E-state index in [1.54, 1.807) is 18.2 Å². The number of hydrogen-bond donors (Lipinski definition) is 1. The first kappa shape index (κ1) is 17.0. The zero-order valence-corrected chi connectivity index (χ0v) is 13.6. The highest BCUT2D eigenvalue weighted by molar-refractivity contribution is 6.32. The Labute approximate surface area is 138 Å². The van der Waals surface area contributed by atoms with E-state index in [0.717, 1.165) is 11.3 Å². The SMILES string of the molecule is CCCc1nc(C(=O)N(C)CC(=O)O)nn1-c1ccccc1Cl. The van der Waals surface area contributed by atoms with Crippen LogP contribution in [0.1, 0.15) is 29.8 Å². The highest BCUT2D eigenvalue weighted by atomic mass is 35.5. The summed E-state index contributed by atoms with van der Waals surface area (Å²) in [5.74, 6) is -1.08. The summed E-state index contributed by atoms with van der Waals surface area (Å²) >= 11 is 6.19. The number of hydrogen-bond acceptors (Lipinski definition) is 4. The number of aliphatic carboxylic acids is 1. The van der Waals surface area contributed by atoms with Crippen molar-refractivity contribution >= 4 is 23.5 Å². The predicted molar refractivity (Wildman–Crippen MR) is 85.0 cm³/mol. The zero-order valence-electron chi connectivity index (χ0n) is 12.9. The van der Waals surface area contributed by atoms with Crippen LogP contribution >= 0.6 is 11.6 Å². The van der Waals surface area contributed by atoms with Crippen molar-refractivity contribution in [2.75, 3.05) is 13.6 Å². The molecule has 0 saturated heterocycles. The molecular formula is C15H17ClN4O3. The van der Waals surface area contributed by atoms with Crippen molar-refractivity contribution in [1.29, 1.82) is 0 Å². The summed E-state index contributed by atoms with van der Waals surface area (Å²) in [4.78, 5) is 28.3. The van der Waals surface area contributed by atoms with E-state index in [1.165, 1.54) is 11.7 Å². The smallest absolute Gasteiger partial charge is 0.323 e. The number of halogens is 1. The van der Waals surface area contributed by atoms with Crippen molar-refractivity contribution in [2.45, 2.75) is 19.8 Å². The van der Waals surface area contributed by atoms with Crippen molar-refractivity contribution in [1.82, 2.24) is 19.7 Å². The molecule has 1 heterocycles. The van der Waals surface area contributed by atoms with Gasteiger partial charge in [-0.15, -0.1) is 5.10 Å². The van der Waals surface area contributed by atoms with E-state index in [4.69, 9.17) is 16.7 Å². The van der Waals surface area contributed by atoms with Crippen LogP contribution in [0.4, 0.5) is 0 Å². The second-order valence-corrected chi connectivity index (χ2v) is 5.43. The average molecular weight is 337 g/mol. The molecular weight excluding hydrogens is 320 g/mol. The fraction of sp³-hybridized carbons (Fsp3) is 0.333. The highest BCUT2D eigenvalue weighted by Crippen LogP contribution is 2.21. The Kier molecular flexibility index (Phi) is 5.33. The quantitative estimate of drug-likeness (QED) is 0.872. The number of likely N-dealkylation sites (N-methyl/N-ethyl adjacent to an activating group) is 1. The maximum absolute atomic E-state index is 12.3. The molecule has 2 rings (SSSR count). The van der Waals surface area contributed by atoms with Crippen LogP contribution in [0.15, 0.2) is 24.3 Å². The third-order valence-corrected chi connectivity index (χ3v) is 3.46. The topological polar surface area (TPSA) is 88.3 Å². The molecule has 7 nitrogen and oxygen atoms in total. The van der Waals surface area contributed by atoms with Gasteiger partial charge in [0.05, 0.1) is 10.7 Å². The maximum Gasteiger partial charge on any atom is 0.323 e. The second kappa shape index (κ2) is 7.23. The Morgan fingerprint density at radius 3 is 2.65 bits per heavy atom. The molecule has 0 spiro atoms. The minimum atomic E-state index is -1.10. The van der Waals surface area contributed by atoms with Crippen LogP contribution in [-0.4, -0.2) is 50.2 Å². The molecule has 0 aliphatic heterocycles. The number of nitrogens with zero attached hydrogens (tertiary/aromatic N) is 4. The molecule has 2 aromatic rings. The van der Waals surface area contributed by atoms with Gasteiger partial charge in [0, 0.05) is 13.5 Å². The molecule has 0 unspecified atom stereocenters. The number of carboxylic acid groups (broad SMARTS) is 1. The standard InChI is InChI=1S/C15H17ClN4O3/c1-3-6-12-17-14(15(23)19(2)9-13(21)22)18-20(12)11-8-5-4-7-10(11)16/h4-5,7-8H,3,6,9H2,1-2H3,(H,21,22). The molecule has 0 radical (unpaired) electrons. The number of rotatable bonds is 6. The van der Waals surface area contributed by atoms with Crippen LogP contribution in [0.5, 0.6) is 0 Å². The normalized spacial score (nSPS) is 10.6. The third kappa shape index (κ3) is 3.87. The minimum absolute atomic E-state index is 0.0443. The fourth-order valence-corrected chi connectivity index (χ4v) is 2.30. The van der Waals surface area contributed by atoms with Crippen LogP contribution < -0.4 is 0 Å². The molecule has 1 amide bonds. The summed E-state index contributed by atoms with van der Waals surface area (Å²) in [6.45, 7) is 1.58. The Morgan fingerprint density at radius 2 is 2.04 bits per heavy atom. The van der Waals surface area contributed by atoms with Crippen molar-refractivity contribution in [3.8, 4) is 5.69 Å². The average Bonchev–Trinajstić information content (AvgIpc) is 2.90. The van der Waals surface area contributed by atoms with E-state index in [0.29, 0.717) is 23.0 Å². The van der Waals surface area contributed by atoms with E-state index in [9.17, 15) is 9.59 Å². The van der Waals surface area contributed by atoms with Gasteiger partial charge in [-0.05, 0) is 18.6 Å². The summed E-state index contributed by atoms with van der Waals surface area (Å²) in [5, 5.41) is 13.5. The second-order valence-electron chi connectivity index (χ2n) is 5.02. The van der Waals surface area contributed by atoms with E-state index in [1.807, 2.05) is 13.0 Å². The molecule has 122 valence electrons. The van der Waals surface area contributed by atoms with Gasteiger partial charge in [0.1, 0.15) is 12.4 Å². The molecule has 23 heavy (non-hydrogen) atoms. The van der Waals surface area contributed by atoms with Gasteiger partial charge in [-0.1, -0.05) is 30.7 Å². The van der Waals surface area contributed by atoms with Crippen molar-refractivity contribution < 1.29 is 14.7 Å². The van der Waals surface area contributed by atoms with Gasteiger partial charge in [0.15, 0.2) is 0 Å².